The lowest BCUT2D eigenvalue weighted by molar-refractivity contribution is -0.143. The van der Waals surface area contributed by atoms with Crippen LogP contribution in [0, 0.1) is 5.92 Å². The summed E-state index contributed by atoms with van der Waals surface area (Å²) in [6.07, 6.45) is 1.25. The van der Waals surface area contributed by atoms with Gasteiger partial charge in [0.25, 0.3) is 0 Å². The molecule has 0 aliphatic carbocycles. The predicted octanol–water partition coefficient (Wildman–Crippen LogP) is 1.09. The van der Waals surface area contributed by atoms with Crippen molar-refractivity contribution < 1.29 is 14.7 Å². The van der Waals surface area contributed by atoms with E-state index in [1.807, 2.05) is 27.7 Å². The van der Waals surface area contributed by atoms with Gasteiger partial charge in [0.1, 0.15) is 0 Å². The second-order valence-corrected chi connectivity index (χ2v) is 6.06. The summed E-state index contributed by atoms with van der Waals surface area (Å²) in [5.74, 6) is -0.961. The highest BCUT2D eigenvalue weighted by Crippen LogP contribution is 2.19. The zero-order valence-corrected chi connectivity index (χ0v) is 11.7. The fourth-order valence-electron chi connectivity index (χ4n) is 2.17. The number of carboxylic acids is 1. The molecule has 0 radical (unpaired) electrons. The van der Waals surface area contributed by atoms with Crippen molar-refractivity contribution in [3.05, 3.63) is 0 Å². The first kappa shape index (κ1) is 15.0. The number of nitrogens with zero attached hydrogens (tertiary/aromatic N) is 1. The van der Waals surface area contributed by atoms with Crippen molar-refractivity contribution in [2.75, 3.05) is 13.1 Å². The van der Waals surface area contributed by atoms with Gasteiger partial charge in [0.15, 0.2) is 0 Å². The highest BCUT2D eigenvalue weighted by molar-refractivity contribution is 5.82. The number of carboxylic acid groups (broad SMARTS) is 1. The van der Waals surface area contributed by atoms with E-state index in [0.29, 0.717) is 25.9 Å². The summed E-state index contributed by atoms with van der Waals surface area (Å²) in [6, 6.07) is -0.195. The Morgan fingerprint density at radius 3 is 2.17 bits per heavy atom. The Morgan fingerprint density at radius 2 is 1.78 bits per heavy atom. The Balaban J connectivity index is 2.47. The van der Waals surface area contributed by atoms with E-state index in [0.717, 1.165) is 0 Å². The van der Waals surface area contributed by atoms with Gasteiger partial charge in [-0.3, -0.25) is 14.5 Å². The third-order valence-corrected chi connectivity index (χ3v) is 3.30. The monoisotopic (exact) mass is 256 g/mol. The van der Waals surface area contributed by atoms with E-state index in [4.69, 9.17) is 5.11 Å². The fraction of sp³-hybridized carbons (Fsp3) is 0.846. The number of carbonyl (C=O) groups excluding carboxylic acids is 1. The molecular formula is C13H24N2O3. The van der Waals surface area contributed by atoms with Crippen LogP contribution in [0.1, 0.15) is 40.5 Å². The van der Waals surface area contributed by atoms with Gasteiger partial charge in [-0.25, -0.2) is 0 Å². The van der Waals surface area contributed by atoms with E-state index >= 15 is 0 Å². The lowest BCUT2D eigenvalue weighted by Gasteiger charge is -2.35. The van der Waals surface area contributed by atoms with Crippen LogP contribution in [0.2, 0.25) is 0 Å². The molecule has 0 aromatic carbocycles. The smallest absolute Gasteiger partial charge is 0.306 e. The van der Waals surface area contributed by atoms with Crippen molar-refractivity contribution in [2.45, 2.75) is 52.1 Å². The topological polar surface area (TPSA) is 69.6 Å². The Morgan fingerprint density at radius 1 is 1.28 bits per heavy atom. The van der Waals surface area contributed by atoms with Crippen LogP contribution in [0.15, 0.2) is 0 Å². The molecule has 1 unspecified atom stereocenters. The van der Waals surface area contributed by atoms with Gasteiger partial charge in [0, 0.05) is 5.54 Å². The number of aliphatic carboxylic acids is 1. The SMILES string of the molecule is CC(C(=O)NC(C)(C)C)N1CCC(C(=O)O)CC1. The number of hydrogen-bond donors (Lipinski definition) is 2. The molecule has 1 atom stereocenters. The average Bonchev–Trinajstić information content (AvgIpc) is 2.26. The lowest BCUT2D eigenvalue weighted by atomic mass is 9.96. The van der Waals surface area contributed by atoms with Crippen LogP contribution >= 0.6 is 0 Å². The summed E-state index contributed by atoms with van der Waals surface area (Å²) in [5, 5.41) is 11.9. The second kappa shape index (κ2) is 5.69. The largest absolute Gasteiger partial charge is 0.481 e. The molecule has 1 amide bonds. The summed E-state index contributed by atoms with van der Waals surface area (Å²) in [6.45, 7) is 9.09. The second-order valence-electron chi connectivity index (χ2n) is 6.06. The molecule has 5 heteroatoms. The number of carbonyl (C=O) groups is 2. The standard InChI is InChI=1S/C13H24N2O3/c1-9(11(16)14-13(2,3)4)15-7-5-10(6-8-15)12(17)18/h9-10H,5-8H2,1-4H3,(H,14,16)(H,17,18). The maximum absolute atomic E-state index is 12.0. The normalized spacial score (nSPS) is 20.4. The summed E-state index contributed by atoms with van der Waals surface area (Å²) < 4.78 is 0. The van der Waals surface area contributed by atoms with E-state index in [1.165, 1.54) is 0 Å². The Hall–Kier alpha value is -1.10. The first-order valence-corrected chi connectivity index (χ1v) is 6.49. The molecule has 0 aromatic heterocycles. The number of nitrogens with one attached hydrogen (secondary N) is 1. The number of rotatable bonds is 3. The molecule has 2 N–H and O–H groups in total. The Kier molecular flexibility index (Phi) is 4.73. The molecule has 1 heterocycles. The van der Waals surface area contributed by atoms with Gasteiger partial charge < -0.3 is 10.4 Å². The molecule has 1 aliphatic heterocycles. The molecule has 0 spiro atoms. The molecule has 104 valence electrons. The van der Waals surface area contributed by atoms with Gasteiger partial charge in [-0.2, -0.15) is 0 Å². The summed E-state index contributed by atoms with van der Waals surface area (Å²) in [5.41, 5.74) is -0.231. The minimum Gasteiger partial charge on any atom is -0.481 e. The molecule has 0 aromatic rings. The van der Waals surface area contributed by atoms with Gasteiger partial charge in [-0.15, -0.1) is 0 Å². The van der Waals surface area contributed by atoms with Crippen LogP contribution in [-0.4, -0.2) is 46.6 Å². The molecule has 1 saturated heterocycles. The number of amides is 1. The van der Waals surface area contributed by atoms with E-state index in [9.17, 15) is 9.59 Å². The quantitative estimate of drug-likeness (QED) is 0.793. The Labute approximate surface area is 109 Å². The molecule has 1 aliphatic rings. The van der Waals surface area contributed by atoms with Gasteiger partial charge in [-0.1, -0.05) is 0 Å². The molecule has 0 bridgehead atoms. The van der Waals surface area contributed by atoms with Crippen LogP contribution in [0.25, 0.3) is 0 Å². The zero-order chi connectivity index (χ0) is 13.9. The highest BCUT2D eigenvalue weighted by atomic mass is 16.4. The molecule has 0 saturated carbocycles. The van der Waals surface area contributed by atoms with Crippen LogP contribution in [-0.2, 0) is 9.59 Å². The third kappa shape index (κ3) is 4.29. The maximum Gasteiger partial charge on any atom is 0.306 e. The first-order chi connectivity index (χ1) is 8.20. The predicted molar refractivity (Wildman–Crippen MR) is 69.3 cm³/mol. The average molecular weight is 256 g/mol. The first-order valence-electron chi connectivity index (χ1n) is 6.49. The van der Waals surface area contributed by atoms with Crippen molar-refractivity contribution in [2.24, 2.45) is 5.92 Å². The summed E-state index contributed by atoms with van der Waals surface area (Å²) in [7, 11) is 0. The summed E-state index contributed by atoms with van der Waals surface area (Å²) in [4.78, 5) is 24.9. The van der Waals surface area contributed by atoms with Crippen molar-refractivity contribution in [1.29, 1.82) is 0 Å². The molecule has 1 fully saturated rings. The Bertz CT molecular complexity index is 315. The molecule has 18 heavy (non-hydrogen) atoms. The number of likely N-dealkylation sites (tertiary alicyclic amines) is 1. The molecule has 5 nitrogen and oxygen atoms in total. The highest BCUT2D eigenvalue weighted by Gasteiger charge is 2.30. The van der Waals surface area contributed by atoms with Crippen LogP contribution in [0.4, 0.5) is 0 Å². The fourth-order valence-corrected chi connectivity index (χ4v) is 2.17. The van der Waals surface area contributed by atoms with Crippen LogP contribution in [0.3, 0.4) is 0 Å². The van der Waals surface area contributed by atoms with Gasteiger partial charge >= 0.3 is 5.97 Å². The van der Waals surface area contributed by atoms with Crippen molar-refractivity contribution >= 4 is 11.9 Å². The van der Waals surface area contributed by atoms with Crippen LogP contribution in [0.5, 0.6) is 0 Å². The minimum atomic E-state index is -0.721. The summed E-state index contributed by atoms with van der Waals surface area (Å²) >= 11 is 0. The van der Waals surface area contributed by atoms with Crippen molar-refractivity contribution in [3.8, 4) is 0 Å². The van der Waals surface area contributed by atoms with E-state index in [1.54, 1.807) is 0 Å². The maximum atomic E-state index is 12.0. The van der Waals surface area contributed by atoms with Gasteiger partial charge in [0.05, 0.1) is 12.0 Å². The number of piperidine rings is 1. The van der Waals surface area contributed by atoms with Crippen LogP contribution < -0.4 is 5.32 Å². The minimum absolute atomic E-state index is 0.0104. The van der Waals surface area contributed by atoms with Crippen molar-refractivity contribution in [1.82, 2.24) is 10.2 Å². The van der Waals surface area contributed by atoms with Gasteiger partial charge in [0.2, 0.25) is 5.91 Å². The molecular weight excluding hydrogens is 232 g/mol. The lowest BCUT2D eigenvalue weighted by Crippen LogP contribution is -2.53. The van der Waals surface area contributed by atoms with E-state index in [-0.39, 0.29) is 23.4 Å². The van der Waals surface area contributed by atoms with Crippen molar-refractivity contribution in [3.63, 3.8) is 0 Å². The third-order valence-electron chi connectivity index (χ3n) is 3.30. The van der Waals surface area contributed by atoms with E-state index < -0.39 is 5.97 Å². The molecule has 1 rings (SSSR count). The zero-order valence-electron chi connectivity index (χ0n) is 11.7. The van der Waals surface area contributed by atoms with Gasteiger partial charge in [-0.05, 0) is 53.6 Å². The number of hydrogen-bond acceptors (Lipinski definition) is 3. The van der Waals surface area contributed by atoms with E-state index in [2.05, 4.69) is 10.2 Å².